The molecule has 2 rings (SSSR count). The Balaban J connectivity index is 1.93. The number of nitrogens with one attached hydrogen (secondary N) is 2. The van der Waals surface area contributed by atoms with E-state index in [1.165, 1.54) is 5.56 Å². The van der Waals surface area contributed by atoms with Gasteiger partial charge < -0.3 is 10.6 Å². The number of aryl methyl sites for hydroxylation is 1. The summed E-state index contributed by atoms with van der Waals surface area (Å²) >= 11 is 0. The lowest BCUT2D eigenvalue weighted by Gasteiger charge is -2.15. The highest BCUT2D eigenvalue weighted by Gasteiger charge is 2.19. The van der Waals surface area contributed by atoms with E-state index < -0.39 is 0 Å². The minimum absolute atomic E-state index is 0.0509. The molecule has 1 aliphatic heterocycles. The molecule has 2 heterocycles. The van der Waals surface area contributed by atoms with Crippen molar-refractivity contribution in [2.75, 3.05) is 6.54 Å². The van der Waals surface area contributed by atoms with Crippen LogP contribution < -0.4 is 10.6 Å². The van der Waals surface area contributed by atoms with Gasteiger partial charge in [-0.05, 0) is 43.4 Å². The molecule has 1 amide bonds. The molecule has 1 aliphatic rings. The smallest absolute Gasteiger partial charge is 0.237 e. The van der Waals surface area contributed by atoms with Gasteiger partial charge in [0.2, 0.25) is 5.91 Å². The Hall–Kier alpha value is -1.42. The van der Waals surface area contributed by atoms with Gasteiger partial charge in [-0.25, -0.2) is 0 Å². The molecule has 1 atom stereocenters. The molecule has 17 heavy (non-hydrogen) atoms. The lowest BCUT2D eigenvalue weighted by atomic mass is 10.1. The van der Waals surface area contributed by atoms with E-state index in [0.717, 1.165) is 37.9 Å². The van der Waals surface area contributed by atoms with Crippen LogP contribution in [0.3, 0.4) is 0 Å². The fourth-order valence-electron chi connectivity index (χ4n) is 2.07. The third-order valence-electron chi connectivity index (χ3n) is 3.21. The zero-order valence-corrected chi connectivity index (χ0v) is 10.2. The highest BCUT2D eigenvalue weighted by atomic mass is 16.2. The number of rotatable bonds is 3. The van der Waals surface area contributed by atoms with Gasteiger partial charge in [-0.1, -0.05) is 0 Å². The average Bonchev–Trinajstić information content (AvgIpc) is 2.53. The van der Waals surface area contributed by atoms with Crippen LogP contribution in [0.5, 0.6) is 0 Å². The monoisotopic (exact) mass is 233 g/mol. The highest BCUT2D eigenvalue weighted by Crippen LogP contribution is 2.08. The van der Waals surface area contributed by atoms with Gasteiger partial charge in [0, 0.05) is 25.5 Å². The molecule has 4 nitrogen and oxygen atoms in total. The van der Waals surface area contributed by atoms with Crippen molar-refractivity contribution in [2.45, 2.75) is 38.8 Å². The summed E-state index contributed by atoms with van der Waals surface area (Å²) in [6, 6.07) is 1.95. The van der Waals surface area contributed by atoms with Crippen molar-refractivity contribution in [3.05, 3.63) is 29.6 Å². The predicted molar refractivity (Wildman–Crippen MR) is 66.5 cm³/mol. The van der Waals surface area contributed by atoms with Crippen LogP contribution in [0.1, 0.15) is 30.4 Å². The first kappa shape index (κ1) is 12.0. The number of amides is 1. The molecular formula is C13H19N3O. The maximum absolute atomic E-state index is 11.7. The van der Waals surface area contributed by atoms with Crippen LogP contribution in [0, 0.1) is 6.92 Å². The molecule has 2 N–H and O–H groups in total. The standard InChI is InChI=1S/C13H19N3O/c1-10-8-14-7-5-11(10)9-16-12-4-2-3-6-15-13(12)17/h5,7-8,12,16H,2-4,6,9H2,1H3,(H,15,17). The number of carbonyl (C=O) groups is 1. The SMILES string of the molecule is Cc1cnccc1CNC1CCCCNC1=O. The Morgan fingerprint density at radius 2 is 2.41 bits per heavy atom. The van der Waals surface area contributed by atoms with Crippen molar-refractivity contribution in [2.24, 2.45) is 0 Å². The number of pyridine rings is 1. The van der Waals surface area contributed by atoms with E-state index in [4.69, 9.17) is 0 Å². The molecular weight excluding hydrogens is 214 g/mol. The second-order valence-electron chi connectivity index (χ2n) is 4.52. The van der Waals surface area contributed by atoms with E-state index in [9.17, 15) is 4.79 Å². The molecule has 0 aliphatic carbocycles. The van der Waals surface area contributed by atoms with Gasteiger partial charge in [0.05, 0.1) is 6.04 Å². The number of nitrogens with zero attached hydrogens (tertiary/aromatic N) is 1. The third kappa shape index (κ3) is 3.27. The second kappa shape index (κ2) is 5.77. The van der Waals surface area contributed by atoms with Gasteiger partial charge in [-0.15, -0.1) is 0 Å². The van der Waals surface area contributed by atoms with E-state index in [1.807, 2.05) is 19.2 Å². The average molecular weight is 233 g/mol. The molecule has 4 heteroatoms. The van der Waals surface area contributed by atoms with Crippen LogP contribution >= 0.6 is 0 Å². The van der Waals surface area contributed by atoms with E-state index >= 15 is 0 Å². The maximum Gasteiger partial charge on any atom is 0.237 e. The lowest BCUT2D eigenvalue weighted by Crippen LogP contribution is -2.42. The van der Waals surface area contributed by atoms with Crippen LogP contribution in [0.25, 0.3) is 0 Å². The summed E-state index contributed by atoms with van der Waals surface area (Å²) in [5, 5.41) is 6.26. The molecule has 0 bridgehead atoms. The first-order chi connectivity index (χ1) is 8.27. The van der Waals surface area contributed by atoms with Crippen LogP contribution in [0.15, 0.2) is 18.5 Å². The van der Waals surface area contributed by atoms with Gasteiger partial charge in [-0.3, -0.25) is 9.78 Å². The molecule has 1 saturated heterocycles. The Kier molecular flexibility index (Phi) is 4.09. The summed E-state index contributed by atoms with van der Waals surface area (Å²) in [5.41, 5.74) is 2.37. The van der Waals surface area contributed by atoms with Gasteiger partial charge in [0.1, 0.15) is 0 Å². The number of carbonyl (C=O) groups excluding carboxylic acids is 1. The van der Waals surface area contributed by atoms with Gasteiger partial charge in [0.15, 0.2) is 0 Å². The molecule has 1 fully saturated rings. The number of hydrogen-bond donors (Lipinski definition) is 2. The molecule has 0 aromatic carbocycles. The Morgan fingerprint density at radius 1 is 1.53 bits per heavy atom. The summed E-state index contributed by atoms with van der Waals surface area (Å²) in [6.45, 7) is 3.58. The summed E-state index contributed by atoms with van der Waals surface area (Å²) in [5.74, 6) is 0.134. The molecule has 1 aromatic rings. The third-order valence-corrected chi connectivity index (χ3v) is 3.21. The first-order valence-corrected chi connectivity index (χ1v) is 6.18. The van der Waals surface area contributed by atoms with Crippen LogP contribution in [0.4, 0.5) is 0 Å². The van der Waals surface area contributed by atoms with Crippen molar-refractivity contribution in [1.82, 2.24) is 15.6 Å². The van der Waals surface area contributed by atoms with Crippen LogP contribution in [-0.2, 0) is 11.3 Å². The molecule has 0 spiro atoms. The van der Waals surface area contributed by atoms with Crippen LogP contribution in [0.2, 0.25) is 0 Å². The molecule has 1 unspecified atom stereocenters. The van der Waals surface area contributed by atoms with Crippen molar-refractivity contribution in [1.29, 1.82) is 0 Å². The lowest BCUT2D eigenvalue weighted by molar-refractivity contribution is -0.122. The Labute approximate surface area is 102 Å². The first-order valence-electron chi connectivity index (χ1n) is 6.18. The molecule has 1 aromatic heterocycles. The normalized spacial score (nSPS) is 20.8. The van der Waals surface area contributed by atoms with Gasteiger partial charge in [0.25, 0.3) is 0 Å². The Bertz CT molecular complexity index is 392. The van der Waals surface area contributed by atoms with Gasteiger partial charge in [-0.2, -0.15) is 0 Å². The van der Waals surface area contributed by atoms with E-state index in [0.29, 0.717) is 0 Å². The van der Waals surface area contributed by atoms with Crippen molar-refractivity contribution >= 4 is 5.91 Å². The van der Waals surface area contributed by atoms with E-state index in [-0.39, 0.29) is 11.9 Å². The summed E-state index contributed by atoms with van der Waals surface area (Å²) in [6.07, 6.45) is 6.75. The zero-order valence-electron chi connectivity index (χ0n) is 10.2. The maximum atomic E-state index is 11.7. The van der Waals surface area contributed by atoms with Crippen molar-refractivity contribution in [3.8, 4) is 0 Å². The summed E-state index contributed by atoms with van der Waals surface area (Å²) in [4.78, 5) is 15.8. The summed E-state index contributed by atoms with van der Waals surface area (Å²) in [7, 11) is 0. The molecule has 92 valence electrons. The zero-order chi connectivity index (χ0) is 12.1. The van der Waals surface area contributed by atoms with Crippen molar-refractivity contribution < 1.29 is 4.79 Å². The quantitative estimate of drug-likeness (QED) is 0.823. The minimum Gasteiger partial charge on any atom is -0.355 e. The predicted octanol–water partition coefficient (Wildman–Crippen LogP) is 1.15. The fraction of sp³-hybridized carbons (Fsp3) is 0.538. The van der Waals surface area contributed by atoms with Crippen LogP contribution in [-0.4, -0.2) is 23.5 Å². The van der Waals surface area contributed by atoms with E-state index in [1.54, 1.807) is 6.20 Å². The second-order valence-corrected chi connectivity index (χ2v) is 4.52. The summed E-state index contributed by atoms with van der Waals surface area (Å²) < 4.78 is 0. The van der Waals surface area contributed by atoms with E-state index in [2.05, 4.69) is 15.6 Å². The minimum atomic E-state index is -0.0509. The largest absolute Gasteiger partial charge is 0.355 e. The van der Waals surface area contributed by atoms with Crippen molar-refractivity contribution in [3.63, 3.8) is 0 Å². The molecule has 0 saturated carbocycles. The Morgan fingerprint density at radius 3 is 3.24 bits per heavy atom. The topological polar surface area (TPSA) is 54.0 Å². The fourth-order valence-corrected chi connectivity index (χ4v) is 2.07. The molecule has 0 radical (unpaired) electrons. The van der Waals surface area contributed by atoms with Gasteiger partial charge >= 0.3 is 0 Å². The number of aromatic nitrogens is 1. The highest BCUT2D eigenvalue weighted by molar-refractivity contribution is 5.81. The number of hydrogen-bond acceptors (Lipinski definition) is 3.